The maximum atomic E-state index is 13.6. The van der Waals surface area contributed by atoms with Crippen LogP contribution in [0.25, 0.3) is 11.1 Å². The molecule has 5 heteroatoms. The number of unbranched alkanes of at least 4 members (excludes halogenated alkanes) is 4. The van der Waals surface area contributed by atoms with E-state index in [1.54, 1.807) is 6.08 Å². The zero-order chi connectivity index (χ0) is 23.9. The number of carbonyl (C=O) groups excluding carboxylic acids is 1. The molecule has 0 aromatic heterocycles. The average Bonchev–Trinajstić information content (AvgIpc) is 2.86. The first kappa shape index (κ1) is 23.7. The lowest BCUT2D eigenvalue weighted by Gasteiger charge is -2.29. The van der Waals surface area contributed by atoms with Gasteiger partial charge in [0.15, 0.2) is 0 Å². The van der Waals surface area contributed by atoms with Crippen LogP contribution >= 0.6 is 0 Å². The van der Waals surface area contributed by atoms with E-state index in [0.717, 1.165) is 35.5 Å². The summed E-state index contributed by atoms with van der Waals surface area (Å²) in [6.07, 6.45) is 11.8. The van der Waals surface area contributed by atoms with Gasteiger partial charge in [-0.15, -0.1) is 0 Å². The van der Waals surface area contributed by atoms with Gasteiger partial charge in [0.05, 0.1) is 24.3 Å². The van der Waals surface area contributed by atoms with E-state index in [4.69, 9.17) is 4.74 Å². The summed E-state index contributed by atoms with van der Waals surface area (Å²) in [4.78, 5) is 16.3. The molecule has 2 atom stereocenters. The number of fused-ring (bicyclic) bond motifs is 1. The number of aliphatic carboxylic acids is 1. The number of nitrogens with zero attached hydrogens (tertiary/aromatic N) is 1. The van der Waals surface area contributed by atoms with Crippen molar-refractivity contribution in [1.82, 2.24) is 0 Å². The van der Waals surface area contributed by atoms with E-state index in [2.05, 4.69) is 11.9 Å². The Kier molecular flexibility index (Phi) is 7.73. The van der Waals surface area contributed by atoms with Gasteiger partial charge in [-0.2, -0.15) is 0 Å². The average molecular weight is 459 g/mol. The number of hydrogen-bond acceptors (Lipinski definition) is 4. The number of benzene rings is 2. The molecule has 0 saturated carbocycles. The Balaban J connectivity index is 1.42. The third-order valence-corrected chi connectivity index (χ3v) is 6.22. The number of halogens is 1. The van der Waals surface area contributed by atoms with E-state index in [-0.39, 0.29) is 5.57 Å². The zero-order valence-corrected chi connectivity index (χ0v) is 19.4. The number of carboxylic acid groups (broad SMARTS) is 1. The molecule has 4 nitrogen and oxygen atoms in total. The fourth-order valence-corrected chi connectivity index (χ4v) is 4.30. The molecule has 2 aliphatic rings. The maximum absolute atomic E-state index is 13.6. The summed E-state index contributed by atoms with van der Waals surface area (Å²) in [5.41, 5.74) is 3.49. The number of dihydropyridines is 1. The van der Waals surface area contributed by atoms with Crippen LogP contribution in [0.3, 0.4) is 0 Å². The van der Waals surface area contributed by atoms with Crippen LogP contribution in [0.4, 0.5) is 4.39 Å². The summed E-state index contributed by atoms with van der Waals surface area (Å²) in [7, 11) is 0. The van der Waals surface area contributed by atoms with Crippen LogP contribution in [0.2, 0.25) is 0 Å². The maximum Gasteiger partial charge on any atom is 0.119 e. The lowest BCUT2D eigenvalue weighted by atomic mass is 9.84. The number of hydrogen-bond donors (Lipinski definition) is 0. The van der Waals surface area contributed by atoms with Gasteiger partial charge in [-0.05, 0) is 59.0 Å². The van der Waals surface area contributed by atoms with E-state index in [0.29, 0.717) is 5.71 Å². The zero-order valence-electron chi connectivity index (χ0n) is 19.4. The highest BCUT2D eigenvalue weighted by Gasteiger charge is 2.29. The molecule has 34 heavy (non-hydrogen) atoms. The second-order valence-corrected chi connectivity index (χ2v) is 8.69. The van der Waals surface area contributed by atoms with Crippen LogP contribution in [0.5, 0.6) is 5.75 Å². The van der Waals surface area contributed by atoms with Crippen LogP contribution in [-0.2, 0) is 4.79 Å². The molecular formula is C29H29FNO3-. The molecule has 0 N–H and O–H groups in total. The third kappa shape index (κ3) is 5.71. The fraction of sp³-hybridized carbons (Fsp3) is 0.310. The van der Waals surface area contributed by atoms with E-state index in [1.165, 1.54) is 43.9 Å². The van der Waals surface area contributed by atoms with Gasteiger partial charge in [0.1, 0.15) is 11.6 Å². The van der Waals surface area contributed by atoms with Crippen molar-refractivity contribution in [2.75, 3.05) is 6.61 Å². The van der Waals surface area contributed by atoms with E-state index >= 15 is 0 Å². The highest BCUT2D eigenvalue weighted by molar-refractivity contribution is 6.13. The van der Waals surface area contributed by atoms with E-state index < -0.39 is 23.8 Å². The molecule has 2 aromatic carbocycles. The minimum Gasteiger partial charge on any atom is -0.545 e. The van der Waals surface area contributed by atoms with Crippen LogP contribution in [0.1, 0.15) is 44.6 Å². The SMILES string of the molecule is CCCCCCCOc1ccc(-c2ccc(C3=NC4C=CC(F)=CC4C(C(=O)[O-])=C3)cc2)cc1. The smallest absolute Gasteiger partial charge is 0.119 e. The monoisotopic (exact) mass is 458 g/mol. The molecule has 0 spiro atoms. The molecule has 1 heterocycles. The molecule has 0 bridgehead atoms. The number of allylic oxidation sites excluding steroid dienone is 3. The molecule has 2 aromatic rings. The Hall–Kier alpha value is -3.47. The molecule has 1 aliphatic heterocycles. The number of ether oxygens (including phenoxy) is 1. The molecule has 0 radical (unpaired) electrons. The second kappa shape index (κ2) is 11.1. The largest absolute Gasteiger partial charge is 0.545 e. The summed E-state index contributed by atoms with van der Waals surface area (Å²) in [6.45, 7) is 2.95. The quantitative estimate of drug-likeness (QED) is 0.436. The number of aliphatic imine (C=N–C) groups is 1. The first-order valence-corrected chi connectivity index (χ1v) is 11.9. The van der Waals surface area contributed by atoms with Crippen molar-refractivity contribution in [1.29, 1.82) is 0 Å². The van der Waals surface area contributed by atoms with Gasteiger partial charge < -0.3 is 14.6 Å². The second-order valence-electron chi connectivity index (χ2n) is 8.69. The van der Waals surface area contributed by atoms with Crippen LogP contribution in [0, 0.1) is 5.92 Å². The molecule has 0 saturated heterocycles. The Labute approximate surface area is 200 Å². The summed E-state index contributed by atoms with van der Waals surface area (Å²) in [6, 6.07) is 15.4. The third-order valence-electron chi connectivity index (χ3n) is 6.22. The van der Waals surface area contributed by atoms with Crippen molar-refractivity contribution < 1.29 is 19.0 Å². The standard InChI is InChI=1S/C29H30FNO3/c1-2-3-4-5-6-17-34-24-14-11-21(12-15-24)20-7-9-22(10-8-20)28-19-26(29(32)33)25-18-23(30)13-16-27(25)31-28/h7-16,18-19,25,27H,2-6,17H2,1H3,(H,32,33)/p-1. The lowest BCUT2D eigenvalue weighted by molar-refractivity contribution is -0.299. The first-order chi connectivity index (χ1) is 16.5. The van der Waals surface area contributed by atoms with Gasteiger partial charge in [-0.3, -0.25) is 4.99 Å². The minimum atomic E-state index is -1.30. The lowest BCUT2D eigenvalue weighted by Crippen LogP contribution is -2.35. The minimum absolute atomic E-state index is 0.0412. The molecule has 0 amide bonds. The molecule has 2 unspecified atom stereocenters. The van der Waals surface area contributed by atoms with Gasteiger partial charge in [-0.1, -0.05) is 75.1 Å². The van der Waals surface area contributed by atoms with Crippen molar-refractivity contribution >= 4 is 11.7 Å². The predicted octanol–water partition coefficient (Wildman–Crippen LogP) is 5.59. The summed E-state index contributed by atoms with van der Waals surface area (Å²) >= 11 is 0. The van der Waals surface area contributed by atoms with Crippen LogP contribution < -0.4 is 9.84 Å². The van der Waals surface area contributed by atoms with Gasteiger partial charge in [0, 0.05) is 5.92 Å². The van der Waals surface area contributed by atoms with Crippen LogP contribution in [-0.4, -0.2) is 24.3 Å². The number of carboxylic acids is 1. The van der Waals surface area contributed by atoms with Crippen molar-refractivity contribution in [3.63, 3.8) is 0 Å². The molecule has 176 valence electrons. The van der Waals surface area contributed by atoms with Gasteiger partial charge in [0.25, 0.3) is 0 Å². The Morgan fingerprint density at radius 3 is 2.29 bits per heavy atom. The van der Waals surface area contributed by atoms with Crippen molar-refractivity contribution in [3.05, 3.63) is 89.8 Å². The normalized spacial score (nSPS) is 19.1. The molecular weight excluding hydrogens is 429 g/mol. The highest BCUT2D eigenvalue weighted by Crippen LogP contribution is 2.32. The summed E-state index contributed by atoms with van der Waals surface area (Å²) in [5.74, 6) is -1.54. The summed E-state index contributed by atoms with van der Waals surface area (Å²) < 4.78 is 19.5. The van der Waals surface area contributed by atoms with Crippen molar-refractivity contribution in [3.8, 4) is 16.9 Å². The van der Waals surface area contributed by atoms with Crippen molar-refractivity contribution in [2.24, 2.45) is 10.9 Å². The molecule has 4 rings (SSSR count). The Bertz CT molecular complexity index is 1130. The number of carbonyl (C=O) groups is 1. The van der Waals surface area contributed by atoms with Gasteiger partial charge in [0.2, 0.25) is 0 Å². The van der Waals surface area contributed by atoms with E-state index in [9.17, 15) is 14.3 Å². The fourth-order valence-electron chi connectivity index (χ4n) is 4.30. The van der Waals surface area contributed by atoms with Gasteiger partial charge >= 0.3 is 0 Å². The number of rotatable bonds is 10. The first-order valence-electron chi connectivity index (χ1n) is 11.9. The highest BCUT2D eigenvalue weighted by atomic mass is 19.1. The molecule has 1 aliphatic carbocycles. The Morgan fingerprint density at radius 2 is 1.62 bits per heavy atom. The topological polar surface area (TPSA) is 61.7 Å². The van der Waals surface area contributed by atoms with E-state index in [1.807, 2.05) is 48.5 Å². The molecule has 0 fully saturated rings. The summed E-state index contributed by atoms with van der Waals surface area (Å²) in [5, 5.41) is 11.7. The van der Waals surface area contributed by atoms with Crippen LogP contribution in [0.15, 0.2) is 89.2 Å². The van der Waals surface area contributed by atoms with Gasteiger partial charge in [-0.25, -0.2) is 4.39 Å². The van der Waals surface area contributed by atoms with Crippen molar-refractivity contribution in [2.45, 2.75) is 45.1 Å². The Morgan fingerprint density at radius 1 is 0.971 bits per heavy atom. The predicted molar refractivity (Wildman–Crippen MR) is 131 cm³/mol.